The van der Waals surface area contributed by atoms with Gasteiger partial charge in [0.05, 0.1) is 30.5 Å². The third-order valence-corrected chi connectivity index (χ3v) is 4.12. The van der Waals surface area contributed by atoms with Crippen molar-refractivity contribution in [2.75, 3.05) is 25.6 Å². The molecule has 2 rings (SSSR count). The Bertz CT molecular complexity index is 818. The Labute approximate surface area is 154 Å². The molecule has 2 aromatic rings. The van der Waals surface area contributed by atoms with Gasteiger partial charge >= 0.3 is 5.97 Å². The van der Waals surface area contributed by atoms with Gasteiger partial charge in [-0.05, 0) is 31.5 Å². The highest BCUT2D eigenvalue weighted by molar-refractivity contribution is 7.13. The number of hydrogen-bond donors (Lipinski definition) is 2. The fourth-order valence-electron chi connectivity index (χ4n) is 2.00. The Morgan fingerprint density at radius 2 is 1.96 bits per heavy atom. The molecule has 0 saturated heterocycles. The first-order chi connectivity index (χ1) is 12.4. The third kappa shape index (κ3) is 5.55. The molecule has 1 aromatic carbocycles. The fourth-order valence-corrected chi connectivity index (χ4v) is 2.67. The molecule has 9 heteroatoms. The molecule has 8 nitrogen and oxygen atoms in total. The molecule has 0 aliphatic carbocycles. The highest BCUT2D eigenvalue weighted by Crippen LogP contribution is 2.24. The lowest BCUT2D eigenvalue weighted by Gasteiger charge is -2.11. The predicted octanol–water partition coefficient (Wildman–Crippen LogP) is 1.68. The van der Waals surface area contributed by atoms with Gasteiger partial charge < -0.3 is 20.1 Å². The van der Waals surface area contributed by atoms with Gasteiger partial charge in [-0.1, -0.05) is 6.07 Å². The number of ether oxygens (including phenoxy) is 2. The predicted molar refractivity (Wildman–Crippen MR) is 96.5 cm³/mol. The molecule has 1 aromatic heterocycles. The third-order valence-electron chi connectivity index (χ3n) is 3.23. The second kappa shape index (κ2) is 8.95. The van der Waals surface area contributed by atoms with Gasteiger partial charge in [0, 0.05) is 0 Å². The van der Waals surface area contributed by atoms with E-state index in [2.05, 4.69) is 15.6 Å². The van der Waals surface area contributed by atoms with Gasteiger partial charge in [-0.3, -0.25) is 9.59 Å². The maximum atomic E-state index is 12.0. The van der Waals surface area contributed by atoms with Crippen molar-refractivity contribution in [3.63, 3.8) is 0 Å². The number of esters is 1. The Hall–Kier alpha value is -2.94. The number of rotatable bonds is 7. The summed E-state index contributed by atoms with van der Waals surface area (Å²) < 4.78 is 10.0. The van der Waals surface area contributed by atoms with Crippen LogP contribution >= 0.6 is 11.3 Å². The summed E-state index contributed by atoms with van der Waals surface area (Å²) in [6, 6.07) is 5.36. The van der Waals surface area contributed by atoms with E-state index in [1.54, 1.807) is 19.1 Å². The lowest BCUT2D eigenvalue weighted by Crippen LogP contribution is -2.35. The first-order valence-corrected chi connectivity index (χ1v) is 8.51. The quantitative estimate of drug-likeness (QED) is 0.711. The molecule has 0 spiro atoms. The molecule has 0 unspecified atom stereocenters. The second-order valence-corrected chi connectivity index (χ2v) is 6.58. The summed E-state index contributed by atoms with van der Waals surface area (Å²) in [4.78, 5) is 39.7. The van der Waals surface area contributed by atoms with Crippen LogP contribution in [0, 0.1) is 13.8 Å². The van der Waals surface area contributed by atoms with Crippen LogP contribution in [0.15, 0.2) is 24.4 Å². The molecule has 2 N–H and O–H groups in total. The molecule has 0 atom stereocenters. The number of aryl methyl sites for hydroxylation is 2. The molecule has 0 radical (unpaired) electrons. The summed E-state index contributed by atoms with van der Waals surface area (Å²) in [5.74, 6) is -1.11. The Morgan fingerprint density at radius 3 is 2.62 bits per heavy atom. The summed E-state index contributed by atoms with van der Waals surface area (Å²) in [6.45, 7) is 2.91. The van der Waals surface area contributed by atoms with Gasteiger partial charge in [0.1, 0.15) is 10.6 Å². The summed E-state index contributed by atoms with van der Waals surface area (Å²) in [6.07, 6.45) is 1.39. The molecule has 0 fully saturated rings. The first kappa shape index (κ1) is 19.4. The molecule has 0 aliphatic rings. The number of thiazole rings is 1. The second-order valence-electron chi connectivity index (χ2n) is 5.35. The highest BCUT2D eigenvalue weighted by atomic mass is 32.1. The van der Waals surface area contributed by atoms with E-state index in [-0.39, 0.29) is 6.54 Å². The van der Waals surface area contributed by atoms with Crippen LogP contribution in [-0.2, 0) is 14.3 Å². The number of methoxy groups -OCH3 is 1. The van der Waals surface area contributed by atoms with E-state index in [1.165, 1.54) is 24.6 Å². The van der Waals surface area contributed by atoms with Crippen LogP contribution in [0.25, 0.3) is 0 Å². The van der Waals surface area contributed by atoms with Gasteiger partial charge in [0.2, 0.25) is 5.91 Å². The molecule has 0 aliphatic heterocycles. The van der Waals surface area contributed by atoms with Crippen molar-refractivity contribution in [3.05, 3.63) is 39.8 Å². The van der Waals surface area contributed by atoms with Crippen molar-refractivity contribution in [1.82, 2.24) is 10.3 Å². The van der Waals surface area contributed by atoms with Gasteiger partial charge in [0.25, 0.3) is 5.91 Å². The number of anilines is 1. The molecular formula is C17H19N3O5S. The zero-order chi connectivity index (χ0) is 19.1. The Morgan fingerprint density at radius 1 is 1.19 bits per heavy atom. The number of benzene rings is 1. The Balaban J connectivity index is 1.77. The van der Waals surface area contributed by atoms with E-state index < -0.39 is 24.4 Å². The zero-order valence-corrected chi connectivity index (χ0v) is 15.4. The molecule has 26 heavy (non-hydrogen) atoms. The molecule has 2 amide bonds. The first-order valence-electron chi connectivity index (χ1n) is 7.69. The van der Waals surface area contributed by atoms with E-state index in [1.807, 2.05) is 13.0 Å². The summed E-state index contributed by atoms with van der Waals surface area (Å²) in [5.41, 5.74) is 1.47. The number of carbonyl (C=O) groups is 3. The number of nitrogens with one attached hydrogen (secondary N) is 2. The molecule has 0 bridgehead atoms. The number of aromatic nitrogens is 1. The van der Waals surface area contributed by atoms with Gasteiger partial charge in [-0.25, -0.2) is 9.78 Å². The number of hydrogen-bond acceptors (Lipinski definition) is 7. The van der Waals surface area contributed by atoms with Crippen molar-refractivity contribution in [3.8, 4) is 5.75 Å². The Kier molecular flexibility index (Phi) is 6.67. The smallest absolute Gasteiger partial charge is 0.350 e. The van der Waals surface area contributed by atoms with Crippen molar-refractivity contribution in [1.29, 1.82) is 0 Å². The fraction of sp³-hybridized carbons (Fsp3) is 0.294. The van der Waals surface area contributed by atoms with E-state index in [4.69, 9.17) is 9.47 Å². The van der Waals surface area contributed by atoms with Gasteiger partial charge in [0.15, 0.2) is 6.61 Å². The van der Waals surface area contributed by atoms with Crippen LogP contribution < -0.4 is 15.4 Å². The number of nitrogens with zero attached hydrogens (tertiary/aromatic N) is 1. The summed E-state index contributed by atoms with van der Waals surface area (Å²) in [7, 11) is 1.50. The monoisotopic (exact) mass is 377 g/mol. The van der Waals surface area contributed by atoms with Crippen LogP contribution in [0.2, 0.25) is 0 Å². The van der Waals surface area contributed by atoms with Crippen LogP contribution in [-0.4, -0.2) is 43.0 Å². The van der Waals surface area contributed by atoms with E-state index in [9.17, 15) is 14.4 Å². The maximum absolute atomic E-state index is 12.0. The summed E-state index contributed by atoms with van der Waals surface area (Å²) >= 11 is 1.18. The largest absolute Gasteiger partial charge is 0.495 e. The van der Waals surface area contributed by atoms with Crippen molar-refractivity contribution < 1.29 is 23.9 Å². The normalized spacial score (nSPS) is 10.1. The van der Waals surface area contributed by atoms with Crippen LogP contribution in [0.5, 0.6) is 5.75 Å². The minimum absolute atomic E-state index is 0.257. The molecule has 138 valence electrons. The molecule has 0 saturated carbocycles. The van der Waals surface area contributed by atoms with E-state index in [0.29, 0.717) is 16.3 Å². The minimum Gasteiger partial charge on any atom is -0.495 e. The maximum Gasteiger partial charge on any atom is 0.350 e. The lowest BCUT2D eigenvalue weighted by molar-refractivity contribution is -0.126. The van der Waals surface area contributed by atoms with Crippen LogP contribution in [0.3, 0.4) is 0 Å². The average molecular weight is 377 g/mol. The van der Waals surface area contributed by atoms with Crippen LogP contribution in [0.4, 0.5) is 5.69 Å². The SMILES string of the molecule is COc1ccc(C)cc1NC(=O)CNC(=O)COC(=O)c1cnc(C)s1. The minimum atomic E-state index is -0.625. The van der Waals surface area contributed by atoms with Gasteiger partial charge in [-0.2, -0.15) is 0 Å². The number of carbonyl (C=O) groups excluding carboxylic acids is 3. The molecular weight excluding hydrogens is 358 g/mol. The van der Waals surface area contributed by atoms with Crippen molar-refractivity contribution in [2.24, 2.45) is 0 Å². The average Bonchev–Trinajstić information content (AvgIpc) is 3.04. The van der Waals surface area contributed by atoms with E-state index >= 15 is 0 Å². The topological polar surface area (TPSA) is 107 Å². The highest BCUT2D eigenvalue weighted by Gasteiger charge is 2.14. The van der Waals surface area contributed by atoms with Gasteiger partial charge in [-0.15, -0.1) is 11.3 Å². The van der Waals surface area contributed by atoms with Crippen molar-refractivity contribution >= 4 is 34.8 Å². The van der Waals surface area contributed by atoms with E-state index in [0.717, 1.165) is 10.6 Å². The van der Waals surface area contributed by atoms with Crippen LogP contribution in [0.1, 0.15) is 20.2 Å². The van der Waals surface area contributed by atoms with Crippen molar-refractivity contribution in [2.45, 2.75) is 13.8 Å². The lowest BCUT2D eigenvalue weighted by atomic mass is 10.2. The standard InChI is InChI=1S/C17H19N3O5S/c1-10-4-5-13(24-3)12(6-10)20-15(21)8-19-16(22)9-25-17(23)14-7-18-11(2)26-14/h4-7H,8-9H2,1-3H3,(H,19,22)(H,20,21). The molecule has 1 heterocycles. The number of amides is 2. The zero-order valence-electron chi connectivity index (χ0n) is 14.6. The summed E-state index contributed by atoms with van der Waals surface area (Å²) in [5, 5.41) is 5.77.